The molecule has 0 bridgehead atoms. The van der Waals surface area contributed by atoms with Crippen molar-refractivity contribution >= 4 is 40.2 Å². The number of fused-ring (bicyclic) bond motifs is 1. The van der Waals surface area contributed by atoms with E-state index in [1.807, 2.05) is 48.5 Å². The van der Waals surface area contributed by atoms with E-state index < -0.39 is 0 Å². The third-order valence-electron chi connectivity index (χ3n) is 7.88. The number of carbonyl (C=O) groups is 1. The molecule has 1 unspecified atom stereocenters. The number of nitrogens with zero attached hydrogens (tertiary/aromatic N) is 1. The van der Waals surface area contributed by atoms with Gasteiger partial charge in [0.05, 0.1) is 4.91 Å². The minimum absolute atomic E-state index is 0.111. The third kappa shape index (κ3) is 5.69. The van der Waals surface area contributed by atoms with Crippen LogP contribution in [0.2, 0.25) is 0 Å². The van der Waals surface area contributed by atoms with Crippen molar-refractivity contribution in [2.45, 2.75) is 50.8 Å². The normalized spacial score (nSPS) is 22.4. The van der Waals surface area contributed by atoms with Crippen molar-refractivity contribution in [3.8, 4) is 5.75 Å². The summed E-state index contributed by atoms with van der Waals surface area (Å²) in [6, 6.07) is 33.2. The second-order valence-electron chi connectivity index (χ2n) is 10.5. The minimum atomic E-state index is -0.111. The fourth-order valence-corrected chi connectivity index (χ4v) is 6.97. The molecule has 1 amide bonds. The van der Waals surface area contributed by atoms with Gasteiger partial charge in [-0.25, -0.2) is 0 Å². The van der Waals surface area contributed by atoms with Gasteiger partial charge in [0.25, 0.3) is 5.91 Å². The van der Waals surface area contributed by atoms with E-state index in [0.717, 1.165) is 28.3 Å². The zero-order valence-corrected chi connectivity index (χ0v) is 23.1. The Morgan fingerprint density at radius 3 is 2.46 bits per heavy atom. The molecule has 0 aromatic heterocycles. The molecule has 1 heterocycles. The van der Waals surface area contributed by atoms with E-state index >= 15 is 0 Å². The standard InChI is InChI=1S/C34H34N2O2S/c1-24-10-5-8-17-31(24)36-33(37)32(39-34(36)35-28-14-3-2-4-15-28)22-25-18-20-29(21-19-25)38-23-27-13-9-12-26-11-6-7-16-30(26)27/h2-4,6-7,9,11-16,18-22,24,31,34-35H,5,8,10,17,23H2,1H3/b32-22-/t24-,31-,34?/m0/s1. The summed E-state index contributed by atoms with van der Waals surface area (Å²) in [4.78, 5) is 16.6. The van der Waals surface area contributed by atoms with Gasteiger partial charge in [0.2, 0.25) is 0 Å². The van der Waals surface area contributed by atoms with Crippen molar-refractivity contribution in [1.29, 1.82) is 0 Å². The van der Waals surface area contributed by atoms with Crippen LogP contribution in [0.5, 0.6) is 5.75 Å². The zero-order chi connectivity index (χ0) is 26.6. The highest BCUT2D eigenvalue weighted by Gasteiger charge is 2.42. The summed E-state index contributed by atoms with van der Waals surface area (Å²) in [6.07, 6.45) is 6.70. The summed E-state index contributed by atoms with van der Waals surface area (Å²) >= 11 is 1.62. The molecule has 1 aliphatic heterocycles. The monoisotopic (exact) mass is 534 g/mol. The maximum Gasteiger partial charge on any atom is 0.262 e. The predicted octanol–water partition coefficient (Wildman–Crippen LogP) is 8.31. The van der Waals surface area contributed by atoms with Gasteiger partial charge in [0.15, 0.2) is 5.50 Å². The van der Waals surface area contributed by atoms with Crippen molar-refractivity contribution in [2.24, 2.45) is 5.92 Å². The van der Waals surface area contributed by atoms with Gasteiger partial charge in [-0.15, -0.1) is 0 Å². The Balaban J connectivity index is 1.18. The number of benzene rings is 4. The highest BCUT2D eigenvalue weighted by molar-refractivity contribution is 8.05. The number of nitrogens with one attached hydrogen (secondary N) is 1. The summed E-state index contributed by atoms with van der Waals surface area (Å²) in [5, 5.41) is 6.05. The topological polar surface area (TPSA) is 41.6 Å². The summed E-state index contributed by atoms with van der Waals surface area (Å²) in [5.74, 6) is 1.45. The van der Waals surface area contributed by atoms with Crippen molar-refractivity contribution in [3.63, 3.8) is 0 Å². The first-order valence-electron chi connectivity index (χ1n) is 13.9. The average molecular weight is 535 g/mol. The third-order valence-corrected chi connectivity index (χ3v) is 8.99. The Kier molecular flexibility index (Phi) is 7.60. The van der Waals surface area contributed by atoms with Gasteiger partial charge in [0, 0.05) is 11.7 Å². The van der Waals surface area contributed by atoms with Crippen LogP contribution in [0, 0.1) is 5.92 Å². The van der Waals surface area contributed by atoms with Crippen LogP contribution in [-0.2, 0) is 11.4 Å². The van der Waals surface area contributed by atoms with Gasteiger partial charge in [-0.05, 0) is 71.0 Å². The Morgan fingerprint density at radius 1 is 0.897 bits per heavy atom. The Labute approximate surface area is 235 Å². The van der Waals surface area contributed by atoms with Crippen molar-refractivity contribution < 1.29 is 9.53 Å². The van der Waals surface area contributed by atoms with E-state index in [4.69, 9.17) is 4.74 Å². The number of ether oxygens (including phenoxy) is 1. The lowest BCUT2D eigenvalue weighted by atomic mass is 9.85. The average Bonchev–Trinajstić information content (AvgIpc) is 3.27. The first-order chi connectivity index (χ1) is 19.2. The van der Waals surface area contributed by atoms with Crippen LogP contribution in [0.4, 0.5) is 5.69 Å². The van der Waals surface area contributed by atoms with Crippen molar-refractivity contribution in [2.75, 3.05) is 5.32 Å². The van der Waals surface area contributed by atoms with Gasteiger partial charge in [-0.2, -0.15) is 0 Å². The summed E-state index contributed by atoms with van der Waals surface area (Å²) < 4.78 is 6.13. The van der Waals surface area contributed by atoms with E-state index in [-0.39, 0.29) is 17.4 Å². The number of anilines is 1. The second kappa shape index (κ2) is 11.6. The molecule has 2 fully saturated rings. The highest BCUT2D eigenvalue weighted by atomic mass is 32.2. The number of amides is 1. The van der Waals surface area contributed by atoms with E-state index in [1.54, 1.807) is 11.8 Å². The van der Waals surface area contributed by atoms with Crippen LogP contribution in [0.25, 0.3) is 16.8 Å². The SMILES string of the molecule is C[C@H]1CCCC[C@@H]1N1C(=O)/C(=C/c2ccc(OCc3cccc4ccccc34)cc2)SC1Nc1ccccc1. The number of hydrogen-bond donors (Lipinski definition) is 1. The predicted molar refractivity (Wildman–Crippen MR) is 162 cm³/mol. The van der Waals surface area contributed by atoms with E-state index in [0.29, 0.717) is 12.5 Å². The van der Waals surface area contributed by atoms with Crippen LogP contribution in [0.15, 0.2) is 102 Å². The lowest BCUT2D eigenvalue weighted by Crippen LogP contribution is -2.48. The number of carbonyl (C=O) groups excluding carboxylic acids is 1. The van der Waals surface area contributed by atoms with Gasteiger partial charge in [-0.3, -0.25) is 4.79 Å². The van der Waals surface area contributed by atoms with Crippen LogP contribution in [-0.4, -0.2) is 22.3 Å². The Bertz CT molecular complexity index is 1460. The molecule has 198 valence electrons. The van der Waals surface area contributed by atoms with Gasteiger partial charge in [-0.1, -0.05) is 104 Å². The molecule has 39 heavy (non-hydrogen) atoms. The second-order valence-corrected chi connectivity index (χ2v) is 11.6. The molecule has 6 rings (SSSR count). The molecule has 4 aromatic carbocycles. The molecule has 1 saturated heterocycles. The smallest absolute Gasteiger partial charge is 0.262 e. The number of para-hydroxylation sites is 1. The first kappa shape index (κ1) is 25.6. The van der Waals surface area contributed by atoms with E-state index in [1.165, 1.54) is 35.6 Å². The molecule has 4 aromatic rings. The lowest BCUT2D eigenvalue weighted by molar-refractivity contribution is -0.129. The Hall–Kier alpha value is -3.70. The van der Waals surface area contributed by atoms with Crippen LogP contribution < -0.4 is 10.1 Å². The summed E-state index contributed by atoms with van der Waals surface area (Å²) in [7, 11) is 0. The van der Waals surface area contributed by atoms with Crippen LogP contribution >= 0.6 is 11.8 Å². The maximum atomic E-state index is 13.8. The maximum absolute atomic E-state index is 13.8. The largest absolute Gasteiger partial charge is 0.489 e. The quantitative estimate of drug-likeness (QED) is 0.242. The molecule has 1 N–H and O–H groups in total. The first-order valence-corrected chi connectivity index (χ1v) is 14.8. The van der Waals surface area contributed by atoms with Crippen LogP contribution in [0.3, 0.4) is 0 Å². The molecule has 2 aliphatic rings. The molecule has 5 heteroatoms. The van der Waals surface area contributed by atoms with E-state index in [2.05, 4.69) is 71.7 Å². The molecular weight excluding hydrogens is 500 g/mol. The summed E-state index contributed by atoms with van der Waals surface area (Å²) in [5.41, 5.74) is 3.09. The fourth-order valence-electron chi connectivity index (χ4n) is 5.76. The molecule has 4 nitrogen and oxygen atoms in total. The van der Waals surface area contributed by atoms with Gasteiger partial charge < -0.3 is 15.0 Å². The van der Waals surface area contributed by atoms with E-state index in [9.17, 15) is 4.79 Å². The lowest BCUT2D eigenvalue weighted by Gasteiger charge is -2.39. The number of thioether (sulfide) groups is 1. The van der Waals surface area contributed by atoms with Crippen LogP contribution in [0.1, 0.15) is 43.7 Å². The fraction of sp³-hybridized carbons (Fsp3) is 0.265. The van der Waals surface area contributed by atoms with Gasteiger partial charge in [0.1, 0.15) is 12.4 Å². The van der Waals surface area contributed by atoms with Gasteiger partial charge >= 0.3 is 0 Å². The molecular formula is C34H34N2O2S. The van der Waals surface area contributed by atoms with Crippen molar-refractivity contribution in [3.05, 3.63) is 113 Å². The Morgan fingerprint density at radius 2 is 1.64 bits per heavy atom. The minimum Gasteiger partial charge on any atom is -0.489 e. The molecule has 0 spiro atoms. The number of rotatable bonds is 7. The molecule has 3 atom stereocenters. The summed E-state index contributed by atoms with van der Waals surface area (Å²) in [6.45, 7) is 2.80. The number of hydrogen-bond acceptors (Lipinski definition) is 4. The highest BCUT2D eigenvalue weighted by Crippen LogP contribution is 2.42. The molecule has 0 radical (unpaired) electrons. The zero-order valence-electron chi connectivity index (χ0n) is 22.3. The molecule has 1 saturated carbocycles. The molecule has 1 aliphatic carbocycles. The van der Waals surface area contributed by atoms with Crippen molar-refractivity contribution in [1.82, 2.24) is 4.90 Å².